The minimum atomic E-state index is -4.37. The lowest BCUT2D eigenvalue weighted by atomic mass is 10.2. The molecule has 23 heavy (non-hydrogen) atoms. The van der Waals surface area contributed by atoms with Crippen LogP contribution in [0.5, 0.6) is 0 Å². The van der Waals surface area contributed by atoms with Crippen LogP contribution in [0.15, 0.2) is 35.5 Å². The Balaban J connectivity index is 1.93. The van der Waals surface area contributed by atoms with E-state index in [0.717, 1.165) is 29.9 Å². The number of aryl methyl sites for hydroxylation is 1. The normalized spacial score (nSPS) is 15.7. The average Bonchev–Trinajstić information content (AvgIpc) is 3.20. The second kappa shape index (κ2) is 5.84. The van der Waals surface area contributed by atoms with Gasteiger partial charge in [0.15, 0.2) is 4.80 Å². The molecule has 0 aliphatic heterocycles. The zero-order valence-electron chi connectivity index (χ0n) is 12.2. The van der Waals surface area contributed by atoms with E-state index in [4.69, 9.17) is 0 Å². The molecule has 1 aliphatic carbocycles. The smallest absolute Gasteiger partial charge is 0.333 e. The van der Waals surface area contributed by atoms with Gasteiger partial charge in [-0.1, -0.05) is 0 Å². The minimum Gasteiger partial charge on any atom is -0.333 e. The maximum absolute atomic E-state index is 12.6. The second-order valence-corrected chi connectivity index (χ2v) is 6.59. The van der Waals surface area contributed by atoms with Gasteiger partial charge in [0.25, 0.3) is 0 Å². The van der Waals surface area contributed by atoms with Crippen molar-refractivity contribution in [1.29, 1.82) is 0 Å². The fourth-order valence-corrected chi connectivity index (χ4v) is 2.88. The van der Waals surface area contributed by atoms with Crippen molar-refractivity contribution in [2.24, 2.45) is 4.99 Å². The maximum atomic E-state index is 12.6. The summed E-state index contributed by atoms with van der Waals surface area (Å²) < 4.78 is 39.5. The van der Waals surface area contributed by atoms with Crippen molar-refractivity contribution in [3.8, 4) is 5.69 Å². The number of carbonyl (C=O) groups is 1. The SMILES string of the molecule is Cc1cn(-c2ccc(C(F)(F)F)cc2)/c(=N/C(=O)NC2CC2)s1. The molecule has 1 aromatic carbocycles. The summed E-state index contributed by atoms with van der Waals surface area (Å²) in [5.74, 6) is 0. The Bertz CT molecular complexity index is 786. The molecule has 0 bridgehead atoms. The van der Waals surface area contributed by atoms with Gasteiger partial charge in [-0.2, -0.15) is 18.2 Å². The third kappa shape index (κ3) is 3.82. The molecule has 0 saturated heterocycles. The van der Waals surface area contributed by atoms with Crippen molar-refractivity contribution >= 4 is 17.4 Å². The summed E-state index contributed by atoms with van der Waals surface area (Å²) >= 11 is 1.31. The van der Waals surface area contributed by atoms with Crippen LogP contribution in [0.3, 0.4) is 0 Å². The number of alkyl halides is 3. The molecule has 3 rings (SSSR count). The highest BCUT2D eigenvalue weighted by Crippen LogP contribution is 2.29. The van der Waals surface area contributed by atoms with Crippen LogP contribution in [-0.4, -0.2) is 16.6 Å². The molecule has 0 spiro atoms. The fourth-order valence-electron chi connectivity index (χ4n) is 2.05. The number of urea groups is 1. The van der Waals surface area contributed by atoms with Gasteiger partial charge >= 0.3 is 12.2 Å². The predicted octanol–water partition coefficient (Wildman–Crippen LogP) is 3.64. The first kappa shape index (κ1) is 15.8. The van der Waals surface area contributed by atoms with Crippen molar-refractivity contribution < 1.29 is 18.0 Å². The first-order chi connectivity index (χ1) is 10.8. The van der Waals surface area contributed by atoms with Crippen LogP contribution in [0.2, 0.25) is 0 Å². The number of carbonyl (C=O) groups excluding carboxylic acids is 1. The van der Waals surface area contributed by atoms with E-state index >= 15 is 0 Å². The van der Waals surface area contributed by atoms with E-state index in [1.165, 1.54) is 23.5 Å². The number of rotatable bonds is 2. The molecular formula is C15H14F3N3OS. The topological polar surface area (TPSA) is 46.4 Å². The second-order valence-electron chi connectivity index (χ2n) is 5.37. The van der Waals surface area contributed by atoms with Gasteiger partial charge in [-0.15, -0.1) is 11.3 Å². The number of amides is 2. The summed E-state index contributed by atoms with van der Waals surface area (Å²) in [6.07, 6.45) is -0.700. The summed E-state index contributed by atoms with van der Waals surface area (Å²) in [7, 11) is 0. The van der Waals surface area contributed by atoms with Gasteiger partial charge in [0.1, 0.15) is 0 Å². The Morgan fingerprint density at radius 1 is 1.30 bits per heavy atom. The largest absolute Gasteiger partial charge is 0.416 e. The zero-order valence-corrected chi connectivity index (χ0v) is 13.0. The Morgan fingerprint density at radius 3 is 2.52 bits per heavy atom. The predicted molar refractivity (Wildman–Crippen MR) is 80.5 cm³/mol. The first-order valence-corrected chi connectivity index (χ1v) is 7.86. The maximum Gasteiger partial charge on any atom is 0.416 e. The standard InChI is InChI=1S/C15H14F3N3OS/c1-9-8-21(12-6-2-10(3-7-12)15(16,17)18)14(23-9)20-13(22)19-11-4-5-11/h2-3,6-8,11H,4-5H2,1H3,(H,19,22)/b20-14-. The van der Waals surface area contributed by atoms with Crippen molar-refractivity contribution in [3.05, 3.63) is 45.7 Å². The van der Waals surface area contributed by atoms with Crippen molar-refractivity contribution in [2.45, 2.75) is 32.0 Å². The zero-order chi connectivity index (χ0) is 16.6. The molecule has 122 valence electrons. The molecule has 0 unspecified atom stereocenters. The number of benzene rings is 1. The van der Waals surface area contributed by atoms with Gasteiger partial charge in [-0.25, -0.2) is 4.79 Å². The molecule has 1 aromatic heterocycles. The third-order valence-corrected chi connectivity index (χ3v) is 4.24. The van der Waals surface area contributed by atoms with Gasteiger partial charge in [0, 0.05) is 22.8 Å². The lowest BCUT2D eigenvalue weighted by Crippen LogP contribution is -2.25. The molecule has 1 saturated carbocycles. The van der Waals surface area contributed by atoms with Gasteiger partial charge < -0.3 is 5.32 Å². The summed E-state index contributed by atoms with van der Waals surface area (Å²) in [6, 6.07) is 4.55. The lowest BCUT2D eigenvalue weighted by molar-refractivity contribution is -0.137. The summed E-state index contributed by atoms with van der Waals surface area (Å²) in [4.78, 5) is 17.2. The fraction of sp³-hybridized carbons (Fsp3) is 0.333. The highest BCUT2D eigenvalue weighted by molar-refractivity contribution is 7.09. The molecule has 2 aromatic rings. The van der Waals surface area contributed by atoms with Crippen LogP contribution >= 0.6 is 11.3 Å². The number of nitrogens with zero attached hydrogens (tertiary/aromatic N) is 2. The van der Waals surface area contributed by atoms with E-state index in [2.05, 4.69) is 10.3 Å². The van der Waals surface area contributed by atoms with E-state index in [1.54, 1.807) is 10.8 Å². The molecular weight excluding hydrogens is 327 g/mol. The number of hydrogen-bond donors (Lipinski definition) is 1. The Kier molecular flexibility index (Phi) is 4.01. The van der Waals surface area contributed by atoms with E-state index in [-0.39, 0.29) is 6.04 Å². The van der Waals surface area contributed by atoms with Crippen LogP contribution in [-0.2, 0) is 6.18 Å². The van der Waals surface area contributed by atoms with Gasteiger partial charge in [-0.05, 0) is 44.0 Å². The Labute approximate surface area is 134 Å². The molecule has 2 amide bonds. The Hall–Kier alpha value is -2.09. The number of hydrogen-bond acceptors (Lipinski definition) is 2. The number of aromatic nitrogens is 1. The molecule has 8 heteroatoms. The van der Waals surface area contributed by atoms with Crippen molar-refractivity contribution in [1.82, 2.24) is 9.88 Å². The van der Waals surface area contributed by atoms with E-state index in [9.17, 15) is 18.0 Å². The van der Waals surface area contributed by atoms with E-state index < -0.39 is 17.8 Å². The quantitative estimate of drug-likeness (QED) is 0.891. The average molecular weight is 341 g/mol. The highest BCUT2D eigenvalue weighted by atomic mass is 32.1. The van der Waals surface area contributed by atoms with Gasteiger partial charge in [0.05, 0.1) is 5.56 Å². The van der Waals surface area contributed by atoms with Crippen LogP contribution in [0.4, 0.5) is 18.0 Å². The van der Waals surface area contributed by atoms with Gasteiger partial charge in [0.2, 0.25) is 0 Å². The highest BCUT2D eigenvalue weighted by Gasteiger charge is 2.30. The van der Waals surface area contributed by atoms with Crippen molar-refractivity contribution in [2.75, 3.05) is 0 Å². The van der Waals surface area contributed by atoms with Crippen LogP contribution in [0.25, 0.3) is 5.69 Å². The third-order valence-electron chi connectivity index (χ3n) is 3.34. The van der Waals surface area contributed by atoms with Crippen molar-refractivity contribution in [3.63, 3.8) is 0 Å². The minimum absolute atomic E-state index is 0.201. The molecule has 1 fully saturated rings. The van der Waals surface area contributed by atoms with Crippen LogP contribution < -0.4 is 10.1 Å². The molecule has 1 heterocycles. The number of halogens is 3. The monoisotopic (exact) mass is 341 g/mol. The number of thiazole rings is 1. The first-order valence-electron chi connectivity index (χ1n) is 7.05. The Morgan fingerprint density at radius 2 is 1.96 bits per heavy atom. The lowest BCUT2D eigenvalue weighted by Gasteiger charge is -2.08. The van der Waals surface area contributed by atoms with Crippen LogP contribution in [0, 0.1) is 6.92 Å². The molecule has 1 N–H and O–H groups in total. The summed E-state index contributed by atoms with van der Waals surface area (Å²) in [5, 5.41) is 2.76. The van der Waals surface area contributed by atoms with Gasteiger partial charge in [-0.3, -0.25) is 4.57 Å². The summed E-state index contributed by atoms with van der Waals surface area (Å²) in [5.41, 5.74) is -0.181. The number of nitrogens with one attached hydrogen (secondary N) is 1. The van der Waals surface area contributed by atoms with E-state index in [1.807, 2.05) is 6.92 Å². The molecule has 1 aliphatic rings. The molecule has 4 nitrogen and oxygen atoms in total. The van der Waals surface area contributed by atoms with Crippen LogP contribution in [0.1, 0.15) is 23.3 Å². The molecule has 0 atom stereocenters. The van der Waals surface area contributed by atoms with E-state index in [0.29, 0.717) is 10.5 Å². The summed E-state index contributed by atoms with van der Waals surface area (Å²) in [6.45, 7) is 1.85. The molecule has 0 radical (unpaired) electrons.